The van der Waals surface area contributed by atoms with E-state index in [2.05, 4.69) is 15.3 Å². The van der Waals surface area contributed by atoms with Gasteiger partial charge in [0.15, 0.2) is 0 Å². The third-order valence-corrected chi connectivity index (χ3v) is 4.68. The van der Waals surface area contributed by atoms with Crippen LogP contribution in [0.25, 0.3) is 0 Å². The van der Waals surface area contributed by atoms with Gasteiger partial charge in [0.2, 0.25) is 5.88 Å². The van der Waals surface area contributed by atoms with Crippen molar-refractivity contribution in [1.82, 2.24) is 14.9 Å². The average Bonchev–Trinajstić information content (AvgIpc) is 3.15. The molecular formula is C22H30N4O4. The van der Waals surface area contributed by atoms with Gasteiger partial charge in [-0.3, -0.25) is 0 Å². The monoisotopic (exact) mass is 414 g/mol. The Balaban J connectivity index is 1.68. The second kappa shape index (κ2) is 9.19. The van der Waals surface area contributed by atoms with E-state index in [0.717, 1.165) is 18.6 Å². The standard InChI is InChI=1S/C22H30N4O4/c1-15-23-14-19(20(25-15)29-18-10-8-17(28-5)9-11-18)24-13-16-7-6-12-26(16)21(27)30-22(2,3)4/h8-11,14,16,24H,6-7,12-13H2,1-5H3. The van der Waals surface area contributed by atoms with Gasteiger partial charge in [-0.2, -0.15) is 4.98 Å². The molecule has 1 atom stereocenters. The predicted octanol–water partition coefficient (Wildman–Crippen LogP) is 4.40. The first-order chi connectivity index (χ1) is 14.2. The fraction of sp³-hybridized carbons (Fsp3) is 0.500. The highest BCUT2D eigenvalue weighted by molar-refractivity contribution is 5.69. The van der Waals surface area contributed by atoms with Crippen LogP contribution in [0.5, 0.6) is 17.4 Å². The minimum Gasteiger partial charge on any atom is -0.497 e. The van der Waals surface area contributed by atoms with Crippen molar-refractivity contribution in [2.24, 2.45) is 0 Å². The maximum Gasteiger partial charge on any atom is 0.410 e. The number of amides is 1. The number of anilines is 1. The van der Waals surface area contributed by atoms with Crippen LogP contribution in [0.1, 0.15) is 39.4 Å². The summed E-state index contributed by atoms with van der Waals surface area (Å²) in [4.78, 5) is 23.0. The van der Waals surface area contributed by atoms with Gasteiger partial charge in [-0.05, 0) is 64.8 Å². The lowest BCUT2D eigenvalue weighted by Crippen LogP contribution is -2.42. The molecule has 1 saturated heterocycles. The minimum atomic E-state index is -0.512. The number of benzene rings is 1. The molecule has 162 valence electrons. The molecule has 2 heterocycles. The Morgan fingerprint density at radius 1 is 1.23 bits per heavy atom. The smallest absolute Gasteiger partial charge is 0.410 e. The van der Waals surface area contributed by atoms with Crippen LogP contribution in [-0.4, -0.2) is 52.8 Å². The molecule has 1 amide bonds. The van der Waals surface area contributed by atoms with Crippen LogP contribution in [0.15, 0.2) is 30.5 Å². The van der Waals surface area contributed by atoms with Crippen molar-refractivity contribution in [2.45, 2.75) is 52.2 Å². The number of likely N-dealkylation sites (tertiary alicyclic amines) is 1. The molecule has 1 aliphatic heterocycles. The molecule has 0 saturated carbocycles. The summed E-state index contributed by atoms with van der Waals surface area (Å²) in [7, 11) is 1.62. The summed E-state index contributed by atoms with van der Waals surface area (Å²) in [6.07, 6.45) is 3.29. The Morgan fingerprint density at radius 3 is 2.60 bits per heavy atom. The molecule has 1 N–H and O–H groups in total. The van der Waals surface area contributed by atoms with E-state index < -0.39 is 5.60 Å². The van der Waals surface area contributed by atoms with E-state index in [-0.39, 0.29) is 12.1 Å². The maximum atomic E-state index is 12.5. The van der Waals surface area contributed by atoms with E-state index in [0.29, 0.717) is 36.2 Å². The molecule has 0 aliphatic carbocycles. The summed E-state index contributed by atoms with van der Waals surface area (Å²) < 4.78 is 16.7. The van der Waals surface area contributed by atoms with E-state index in [4.69, 9.17) is 14.2 Å². The number of methoxy groups -OCH3 is 1. The third kappa shape index (κ3) is 5.75. The van der Waals surface area contributed by atoms with Crippen molar-refractivity contribution in [2.75, 3.05) is 25.5 Å². The van der Waals surface area contributed by atoms with Crippen molar-refractivity contribution in [3.8, 4) is 17.4 Å². The van der Waals surface area contributed by atoms with Crippen molar-refractivity contribution < 1.29 is 19.0 Å². The summed E-state index contributed by atoms with van der Waals surface area (Å²) >= 11 is 0. The van der Waals surface area contributed by atoms with Crippen molar-refractivity contribution in [1.29, 1.82) is 0 Å². The molecule has 8 heteroatoms. The zero-order valence-electron chi connectivity index (χ0n) is 18.3. The number of nitrogens with zero attached hydrogens (tertiary/aromatic N) is 3. The van der Waals surface area contributed by atoms with Gasteiger partial charge in [0, 0.05) is 13.1 Å². The first-order valence-electron chi connectivity index (χ1n) is 10.1. The number of ether oxygens (including phenoxy) is 3. The molecule has 1 aromatic carbocycles. The second-order valence-electron chi connectivity index (χ2n) is 8.26. The Bertz CT molecular complexity index is 864. The molecular weight excluding hydrogens is 384 g/mol. The lowest BCUT2D eigenvalue weighted by molar-refractivity contribution is 0.0235. The number of hydrogen-bond donors (Lipinski definition) is 1. The molecule has 8 nitrogen and oxygen atoms in total. The number of aryl methyl sites for hydroxylation is 1. The van der Waals surface area contributed by atoms with Gasteiger partial charge in [-0.25, -0.2) is 9.78 Å². The second-order valence-corrected chi connectivity index (χ2v) is 8.26. The zero-order chi connectivity index (χ0) is 21.7. The van der Waals surface area contributed by atoms with Crippen molar-refractivity contribution >= 4 is 11.8 Å². The molecule has 3 rings (SSSR count). The number of carbonyl (C=O) groups excluding carboxylic acids is 1. The number of rotatable bonds is 6. The summed E-state index contributed by atoms with van der Waals surface area (Å²) in [5, 5.41) is 3.35. The zero-order valence-corrected chi connectivity index (χ0v) is 18.3. The molecule has 1 fully saturated rings. The van der Waals surface area contributed by atoms with Gasteiger partial charge in [0.1, 0.15) is 28.6 Å². The van der Waals surface area contributed by atoms with Gasteiger partial charge in [0.05, 0.1) is 19.3 Å². The quantitative estimate of drug-likeness (QED) is 0.750. The number of aromatic nitrogens is 2. The van der Waals surface area contributed by atoms with Crippen LogP contribution in [-0.2, 0) is 4.74 Å². The highest BCUT2D eigenvalue weighted by atomic mass is 16.6. The van der Waals surface area contributed by atoms with Crippen LogP contribution in [0, 0.1) is 6.92 Å². The molecule has 2 aromatic rings. The molecule has 1 aromatic heterocycles. The van der Waals surface area contributed by atoms with E-state index in [1.165, 1.54) is 0 Å². The summed E-state index contributed by atoms with van der Waals surface area (Å²) in [5.74, 6) is 2.45. The molecule has 30 heavy (non-hydrogen) atoms. The maximum absolute atomic E-state index is 12.5. The fourth-order valence-corrected chi connectivity index (χ4v) is 3.24. The largest absolute Gasteiger partial charge is 0.497 e. The topological polar surface area (TPSA) is 85.8 Å². The highest BCUT2D eigenvalue weighted by Crippen LogP contribution is 2.29. The Hall–Kier alpha value is -3.03. The van der Waals surface area contributed by atoms with Crippen LogP contribution >= 0.6 is 0 Å². The van der Waals surface area contributed by atoms with Gasteiger partial charge >= 0.3 is 6.09 Å². The Labute approximate surface area is 177 Å². The van der Waals surface area contributed by atoms with E-state index in [9.17, 15) is 4.79 Å². The lowest BCUT2D eigenvalue weighted by atomic mass is 10.2. The average molecular weight is 415 g/mol. The van der Waals surface area contributed by atoms with Crippen molar-refractivity contribution in [3.63, 3.8) is 0 Å². The van der Waals surface area contributed by atoms with E-state index in [1.807, 2.05) is 52.0 Å². The fourth-order valence-electron chi connectivity index (χ4n) is 3.24. The predicted molar refractivity (Wildman–Crippen MR) is 114 cm³/mol. The summed E-state index contributed by atoms with van der Waals surface area (Å²) in [6.45, 7) is 8.69. The van der Waals surface area contributed by atoms with E-state index in [1.54, 1.807) is 18.2 Å². The first-order valence-corrected chi connectivity index (χ1v) is 10.1. The van der Waals surface area contributed by atoms with Crippen LogP contribution in [0.4, 0.5) is 10.5 Å². The van der Waals surface area contributed by atoms with Gasteiger partial charge in [0.25, 0.3) is 0 Å². The SMILES string of the molecule is COc1ccc(Oc2nc(C)ncc2NCC2CCCN2C(=O)OC(C)(C)C)cc1. The summed E-state index contributed by atoms with van der Waals surface area (Å²) in [5.41, 5.74) is 0.161. The van der Waals surface area contributed by atoms with Crippen molar-refractivity contribution in [3.05, 3.63) is 36.3 Å². The number of hydrogen-bond acceptors (Lipinski definition) is 7. The highest BCUT2D eigenvalue weighted by Gasteiger charge is 2.32. The van der Waals surface area contributed by atoms with Gasteiger partial charge < -0.3 is 24.4 Å². The molecule has 1 unspecified atom stereocenters. The Morgan fingerprint density at radius 2 is 1.93 bits per heavy atom. The number of carbonyl (C=O) groups is 1. The molecule has 0 spiro atoms. The number of nitrogens with one attached hydrogen (secondary N) is 1. The lowest BCUT2D eigenvalue weighted by Gasteiger charge is -2.29. The molecule has 1 aliphatic rings. The molecule has 0 bridgehead atoms. The third-order valence-electron chi connectivity index (χ3n) is 4.68. The molecule has 0 radical (unpaired) electrons. The van der Waals surface area contributed by atoms with Crippen LogP contribution < -0.4 is 14.8 Å². The van der Waals surface area contributed by atoms with Gasteiger partial charge in [-0.1, -0.05) is 0 Å². The van der Waals surface area contributed by atoms with Crippen LogP contribution in [0.3, 0.4) is 0 Å². The van der Waals surface area contributed by atoms with Gasteiger partial charge in [-0.15, -0.1) is 0 Å². The van der Waals surface area contributed by atoms with E-state index >= 15 is 0 Å². The Kier molecular flexibility index (Phi) is 6.64. The minimum absolute atomic E-state index is 0.0370. The normalized spacial score (nSPS) is 16.3. The van der Waals surface area contributed by atoms with Crippen LogP contribution in [0.2, 0.25) is 0 Å². The summed E-state index contributed by atoms with van der Waals surface area (Å²) in [6, 6.07) is 7.33. The first kappa shape index (κ1) is 21.7.